The zero-order chi connectivity index (χ0) is 16.4. The average molecular weight is 318 g/mol. The third-order valence-electron chi connectivity index (χ3n) is 4.63. The van der Waals surface area contributed by atoms with Crippen LogP contribution < -0.4 is 0 Å². The number of rotatable bonds is 4. The summed E-state index contributed by atoms with van der Waals surface area (Å²) in [6, 6.07) is 10.6. The first-order chi connectivity index (χ1) is 11.0. The zero-order valence-corrected chi connectivity index (χ0v) is 13.3. The van der Waals surface area contributed by atoms with Crippen LogP contribution in [-0.2, 0) is 25.4 Å². The Balaban J connectivity index is 1.89. The second-order valence-electron chi connectivity index (χ2n) is 6.32. The molecule has 122 valence electrons. The topological polar surface area (TPSA) is 0 Å². The molecule has 0 N–H and O–H groups in total. The first-order valence-corrected chi connectivity index (χ1v) is 8.31. The van der Waals surface area contributed by atoms with Crippen LogP contribution in [0.1, 0.15) is 48.4 Å². The number of benzene rings is 2. The van der Waals surface area contributed by atoms with Crippen LogP contribution in [0.3, 0.4) is 0 Å². The van der Waals surface area contributed by atoms with Crippen molar-refractivity contribution in [1.29, 1.82) is 0 Å². The minimum absolute atomic E-state index is 0.545. The van der Waals surface area contributed by atoms with E-state index in [1.165, 1.54) is 42.5 Å². The van der Waals surface area contributed by atoms with Gasteiger partial charge in [0, 0.05) is 0 Å². The van der Waals surface area contributed by atoms with Crippen molar-refractivity contribution >= 4 is 0 Å². The molecule has 2 aromatic rings. The van der Waals surface area contributed by atoms with Gasteiger partial charge in [-0.2, -0.15) is 13.2 Å². The lowest BCUT2D eigenvalue weighted by Gasteiger charge is -2.22. The molecular weight excluding hydrogens is 297 g/mol. The molecule has 0 heterocycles. The Morgan fingerprint density at radius 2 is 1.52 bits per heavy atom. The molecule has 1 aliphatic rings. The minimum Gasteiger partial charge on any atom is -0.166 e. The molecule has 3 rings (SSSR count). The molecule has 0 bridgehead atoms. The smallest absolute Gasteiger partial charge is 0.166 e. The number of fused-ring (bicyclic) bond motifs is 3. The summed E-state index contributed by atoms with van der Waals surface area (Å²) in [5.74, 6) is 0. The number of alkyl halides is 3. The van der Waals surface area contributed by atoms with Crippen molar-refractivity contribution in [2.75, 3.05) is 0 Å². The largest absolute Gasteiger partial charge is 0.416 e. The van der Waals surface area contributed by atoms with Gasteiger partial charge < -0.3 is 0 Å². The van der Waals surface area contributed by atoms with Gasteiger partial charge in [-0.05, 0) is 65.6 Å². The van der Waals surface area contributed by atoms with Crippen LogP contribution in [0.2, 0.25) is 0 Å². The predicted octanol–water partition coefficient (Wildman–Crippen LogP) is 6.20. The molecule has 1 aliphatic carbocycles. The van der Waals surface area contributed by atoms with E-state index < -0.39 is 11.7 Å². The highest BCUT2D eigenvalue weighted by Gasteiger charge is 2.31. The molecule has 0 saturated heterocycles. The van der Waals surface area contributed by atoms with E-state index in [1.807, 2.05) is 0 Å². The van der Waals surface area contributed by atoms with Crippen molar-refractivity contribution < 1.29 is 13.2 Å². The summed E-state index contributed by atoms with van der Waals surface area (Å²) in [7, 11) is 0. The summed E-state index contributed by atoms with van der Waals surface area (Å²) >= 11 is 0. The van der Waals surface area contributed by atoms with Gasteiger partial charge in [-0.1, -0.05) is 44.0 Å². The second kappa shape index (κ2) is 6.38. The van der Waals surface area contributed by atoms with Crippen LogP contribution in [-0.4, -0.2) is 0 Å². The molecule has 23 heavy (non-hydrogen) atoms. The van der Waals surface area contributed by atoms with E-state index in [4.69, 9.17) is 0 Å². The van der Waals surface area contributed by atoms with E-state index in [2.05, 4.69) is 25.1 Å². The maximum Gasteiger partial charge on any atom is 0.416 e. The van der Waals surface area contributed by atoms with Gasteiger partial charge in [0.1, 0.15) is 0 Å². The van der Waals surface area contributed by atoms with E-state index in [-0.39, 0.29) is 0 Å². The Labute approximate surface area is 135 Å². The number of aryl methyl sites for hydroxylation is 3. The zero-order valence-electron chi connectivity index (χ0n) is 13.3. The van der Waals surface area contributed by atoms with Crippen molar-refractivity contribution in [3.63, 3.8) is 0 Å². The van der Waals surface area contributed by atoms with E-state index >= 15 is 0 Å². The van der Waals surface area contributed by atoms with Crippen molar-refractivity contribution in [3.8, 4) is 11.1 Å². The maximum absolute atomic E-state index is 12.9. The summed E-state index contributed by atoms with van der Waals surface area (Å²) in [5, 5.41) is 0. The minimum atomic E-state index is -4.27. The third kappa shape index (κ3) is 3.44. The number of unbranched alkanes of at least 4 members (excludes halogenated alkanes) is 2. The van der Waals surface area contributed by atoms with Gasteiger partial charge in [0.25, 0.3) is 0 Å². The van der Waals surface area contributed by atoms with Crippen LogP contribution in [0.25, 0.3) is 11.1 Å². The molecule has 0 radical (unpaired) electrons. The molecule has 3 heteroatoms. The molecule has 0 amide bonds. The van der Waals surface area contributed by atoms with Crippen LogP contribution in [0, 0.1) is 0 Å². The summed E-state index contributed by atoms with van der Waals surface area (Å²) in [6.45, 7) is 2.19. The summed E-state index contributed by atoms with van der Waals surface area (Å²) in [6.07, 6.45) is 1.97. The number of hydrogen-bond donors (Lipinski definition) is 0. The Morgan fingerprint density at radius 3 is 2.17 bits per heavy atom. The quantitative estimate of drug-likeness (QED) is 0.588. The van der Waals surface area contributed by atoms with Gasteiger partial charge >= 0.3 is 6.18 Å². The van der Waals surface area contributed by atoms with Gasteiger partial charge in [0.05, 0.1) is 5.56 Å². The van der Waals surface area contributed by atoms with Crippen LogP contribution in [0.15, 0.2) is 36.4 Å². The molecule has 0 fully saturated rings. The normalized spacial score (nSPS) is 13.6. The molecular formula is C20H21F3. The molecule has 0 atom stereocenters. The van der Waals surface area contributed by atoms with Gasteiger partial charge in [0.15, 0.2) is 0 Å². The second-order valence-corrected chi connectivity index (χ2v) is 6.32. The van der Waals surface area contributed by atoms with Gasteiger partial charge in [-0.25, -0.2) is 0 Å². The van der Waals surface area contributed by atoms with E-state index in [9.17, 15) is 13.2 Å². The standard InChI is InChI=1S/C20H21F3/c1-2-3-4-5-14-6-10-18-15(12-14)7-8-16-13-17(20(21,22)23)9-11-19(16)18/h6,9-13H,2-5,7-8H2,1H3. The molecule has 2 aromatic carbocycles. The Morgan fingerprint density at radius 1 is 0.870 bits per heavy atom. The fourth-order valence-electron chi connectivity index (χ4n) is 3.36. The SMILES string of the molecule is CCCCCc1ccc2c(c1)CCc1cc(C(F)(F)F)ccc1-2. The van der Waals surface area contributed by atoms with Gasteiger partial charge in [-0.15, -0.1) is 0 Å². The van der Waals surface area contributed by atoms with E-state index in [1.54, 1.807) is 6.07 Å². The van der Waals surface area contributed by atoms with Crippen molar-refractivity contribution in [2.24, 2.45) is 0 Å². The highest BCUT2D eigenvalue weighted by atomic mass is 19.4. The third-order valence-corrected chi connectivity index (χ3v) is 4.63. The Hall–Kier alpha value is -1.77. The van der Waals surface area contributed by atoms with E-state index in [0.717, 1.165) is 29.5 Å². The Bertz CT molecular complexity index is 699. The number of hydrogen-bond acceptors (Lipinski definition) is 0. The molecule has 0 aliphatic heterocycles. The first kappa shape index (κ1) is 16.1. The monoisotopic (exact) mass is 318 g/mol. The average Bonchev–Trinajstić information content (AvgIpc) is 2.53. The maximum atomic E-state index is 12.9. The Kier molecular flexibility index (Phi) is 4.47. The highest BCUT2D eigenvalue weighted by Crippen LogP contribution is 2.38. The molecule has 0 aromatic heterocycles. The molecule has 0 nitrogen and oxygen atoms in total. The number of halogens is 3. The van der Waals surface area contributed by atoms with Crippen molar-refractivity contribution in [3.05, 3.63) is 58.7 Å². The summed E-state index contributed by atoms with van der Waals surface area (Å²) < 4.78 is 38.6. The summed E-state index contributed by atoms with van der Waals surface area (Å²) in [5.41, 5.74) is 4.93. The van der Waals surface area contributed by atoms with E-state index in [0.29, 0.717) is 6.42 Å². The van der Waals surface area contributed by atoms with Gasteiger partial charge in [0.2, 0.25) is 0 Å². The lowest BCUT2D eigenvalue weighted by Crippen LogP contribution is -2.09. The molecule has 0 saturated carbocycles. The van der Waals surface area contributed by atoms with Crippen LogP contribution >= 0.6 is 0 Å². The molecule has 0 spiro atoms. The fourth-order valence-corrected chi connectivity index (χ4v) is 3.36. The van der Waals surface area contributed by atoms with Gasteiger partial charge in [-0.3, -0.25) is 0 Å². The fraction of sp³-hybridized carbons (Fsp3) is 0.400. The highest BCUT2D eigenvalue weighted by molar-refractivity contribution is 5.73. The van der Waals surface area contributed by atoms with Crippen LogP contribution in [0.5, 0.6) is 0 Å². The van der Waals surface area contributed by atoms with Crippen molar-refractivity contribution in [2.45, 2.75) is 51.6 Å². The van der Waals surface area contributed by atoms with Crippen molar-refractivity contribution in [1.82, 2.24) is 0 Å². The lowest BCUT2D eigenvalue weighted by atomic mass is 9.83. The van der Waals surface area contributed by atoms with Crippen LogP contribution in [0.4, 0.5) is 13.2 Å². The first-order valence-electron chi connectivity index (χ1n) is 8.31. The molecule has 0 unspecified atom stereocenters. The summed E-state index contributed by atoms with van der Waals surface area (Å²) in [4.78, 5) is 0. The predicted molar refractivity (Wildman–Crippen MR) is 87.5 cm³/mol. The lowest BCUT2D eigenvalue weighted by molar-refractivity contribution is -0.137.